The van der Waals surface area contributed by atoms with Crippen molar-refractivity contribution in [3.63, 3.8) is 0 Å². The van der Waals surface area contributed by atoms with Crippen LogP contribution in [0.3, 0.4) is 0 Å². The van der Waals surface area contributed by atoms with Gasteiger partial charge in [0, 0.05) is 28.5 Å². The largest absolute Gasteiger partial charge is 0.490 e. The zero-order chi connectivity index (χ0) is 19.0. The van der Waals surface area contributed by atoms with E-state index in [1.165, 1.54) is 6.07 Å². The highest BCUT2D eigenvalue weighted by Crippen LogP contribution is 2.52. The van der Waals surface area contributed by atoms with Crippen LogP contribution in [0.4, 0.5) is 8.78 Å². The number of benzene rings is 2. The first-order valence-electron chi connectivity index (χ1n) is 9.13. The third-order valence-electron chi connectivity index (χ3n) is 5.85. The maximum atomic E-state index is 15.0. The molecule has 0 N–H and O–H groups in total. The van der Waals surface area contributed by atoms with Gasteiger partial charge in [0.2, 0.25) is 0 Å². The van der Waals surface area contributed by atoms with Crippen LogP contribution in [0.15, 0.2) is 36.4 Å². The summed E-state index contributed by atoms with van der Waals surface area (Å²) in [4.78, 5) is 0. The normalized spacial score (nSPS) is 26.8. The predicted molar refractivity (Wildman–Crippen MR) is 105 cm³/mol. The third-order valence-corrected chi connectivity index (χ3v) is 6.36. The molecule has 0 aliphatic carbocycles. The minimum absolute atomic E-state index is 0.0479. The fraction of sp³-hybridized carbons (Fsp3) is 0.429. The van der Waals surface area contributed by atoms with Crippen molar-refractivity contribution < 1.29 is 18.3 Å². The van der Waals surface area contributed by atoms with Crippen molar-refractivity contribution in [2.45, 2.75) is 30.8 Å². The molecule has 1 saturated heterocycles. The molecule has 2 aromatic carbocycles. The molecule has 2 nitrogen and oxygen atoms in total. The lowest BCUT2D eigenvalue weighted by atomic mass is 9.60. The molecule has 3 atom stereocenters. The lowest BCUT2D eigenvalue weighted by Gasteiger charge is -2.51. The second-order valence-electron chi connectivity index (χ2n) is 7.28. The molecule has 0 bridgehead atoms. The number of hydrogen-bond acceptors (Lipinski definition) is 3. The molecule has 2 aliphatic heterocycles. The van der Waals surface area contributed by atoms with Crippen molar-refractivity contribution in [3.8, 4) is 5.75 Å². The molecule has 0 saturated carbocycles. The van der Waals surface area contributed by atoms with E-state index in [-0.39, 0.29) is 17.8 Å². The molecule has 4 rings (SSSR count). The third kappa shape index (κ3) is 3.34. The fourth-order valence-electron chi connectivity index (χ4n) is 4.62. The first kappa shape index (κ1) is 19.0. The van der Waals surface area contributed by atoms with Crippen LogP contribution >= 0.6 is 24.2 Å². The summed E-state index contributed by atoms with van der Waals surface area (Å²) in [6.07, 6.45) is 1.84. The van der Waals surface area contributed by atoms with Gasteiger partial charge in [0.05, 0.1) is 12.7 Å². The number of hydrogen-bond donors (Lipinski definition) is 1. The van der Waals surface area contributed by atoms with Gasteiger partial charge in [-0.15, -0.1) is 0 Å². The summed E-state index contributed by atoms with van der Waals surface area (Å²) in [6.45, 7) is 0.803. The zero-order valence-corrected chi connectivity index (χ0v) is 16.4. The minimum atomic E-state index is -0.584. The Bertz CT molecular complexity index is 828. The van der Waals surface area contributed by atoms with Crippen LogP contribution in [0, 0.1) is 17.6 Å². The maximum Gasteiger partial charge on any atom is 0.165 e. The number of thiol groups is 1. The molecule has 0 aromatic heterocycles. The molecule has 0 spiro atoms. The summed E-state index contributed by atoms with van der Waals surface area (Å²) in [5.41, 5.74) is 0.799. The first-order chi connectivity index (χ1) is 13.0. The van der Waals surface area contributed by atoms with Crippen LogP contribution in [0.2, 0.25) is 5.02 Å². The van der Waals surface area contributed by atoms with Gasteiger partial charge >= 0.3 is 0 Å². The Morgan fingerprint density at radius 1 is 1.11 bits per heavy atom. The summed E-state index contributed by atoms with van der Waals surface area (Å²) in [5.74, 6) is -0.296. The lowest BCUT2D eigenvalue weighted by molar-refractivity contribution is -0.0961. The molecule has 2 aliphatic rings. The van der Waals surface area contributed by atoms with Gasteiger partial charge in [0.15, 0.2) is 11.6 Å². The van der Waals surface area contributed by atoms with E-state index in [0.29, 0.717) is 42.4 Å². The van der Waals surface area contributed by atoms with E-state index < -0.39 is 17.0 Å². The second kappa shape index (κ2) is 7.61. The van der Waals surface area contributed by atoms with Crippen molar-refractivity contribution in [2.24, 2.45) is 5.92 Å². The van der Waals surface area contributed by atoms with Crippen LogP contribution in [0.25, 0.3) is 0 Å². The van der Waals surface area contributed by atoms with Crippen LogP contribution < -0.4 is 4.74 Å². The van der Waals surface area contributed by atoms with E-state index in [0.717, 1.165) is 18.1 Å². The molecule has 2 aromatic rings. The number of ether oxygens (including phenoxy) is 2. The van der Waals surface area contributed by atoms with Crippen molar-refractivity contribution in [3.05, 3.63) is 64.2 Å². The summed E-state index contributed by atoms with van der Waals surface area (Å²) < 4.78 is 41.2. The van der Waals surface area contributed by atoms with E-state index in [4.69, 9.17) is 21.1 Å². The summed E-state index contributed by atoms with van der Waals surface area (Å²) in [5, 5.41) is 0.650. The highest BCUT2D eigenvalue weighted by molar-refractivity contribution is 7.80. The smallest absolute Gasteiger partial charge is 0.165 e. The van der Waals surface area contributed by atoms with Gasteiger partial charge in [-0.2, -0.15) is 12.6 Å². The van der Waals surface area contributed by atoms with Crippen LogP contribution in [0.1, 0.15) is 24.0 Å². The summed E-state index contributed by atoms with van der Waals surface area (Å²) in [6, 6.07) is 9.89. The van der Waals surface area contributed by atoms with Gasteiger partial charge in [-0.25, -0.2) is 8.78 Å². The number of rotatable bonds is 4. The fourth-order valence-corrected chi connectivity index (χ4v) is 5.01. The number of halogens is 3. The van der Waals surface area contributed by atoms with Gasteiger partial charge in [0.25, 0.3) is 0 Å². The quantitative estimate of drug-likeness (QED) is 0.697. The monoisotopic (exact) mass is 410 g/mol. The standard InChI is InChI=1S/C21H21ClF2O2S/c22-14-3-1-13(2-4-14)11-21-8-9-25-18(7-10-27)15(21)12-26-20-17(24)6-5-16(23)19(20)21/h1-6,15,18,27H,7-12H2/t15-,18-,21-/m0/s1. The van der Waals surface area contributed by atoms with E-state index in [1.807, 2.05) is 24.3 Å². The predicted octanol–water partition coefficient (Wildman–Crippen LogP) is 5.22. The molecular formula is C21H21ClF2O2S. The molecule has 0 amide bonds. The minimum Gasteiger partial charge on any atom is -0.490 e. The van der Waals surface area contributed by atoms with Gasteiger partial charge in [-0.1, -0.05) is 23.7 Å². The Hall–Kier alpha value is -1.30. The lowest BCUT2D eigenvalue weighted by Crippen LogP contribution is -2.55. The summed E-state index contributed by atoms with van der Waals surface area (Å²) in [7, 11) is 0. The highest BCUT2D eigenvalue weighted by atomic mass is 35.5. The first-order valence-corrected chi connectivity index (χ1v) is 10.1. The van der Waals surface area contributed by atoms with Crippen LogP contribution in [-0.4, -0.2) is 25.1 Å². The second-order valence-corrected chi connectivity index (χ2v) is 8.17. The molecule has 2 heterocycles. The Labute approximate surface area is 168 Å². The van der Waals surface area contributed by atoms with Crippen molar-refractivity contribution in [1.82, 2.24) is 0 Å². The van der Waals surface area contributed by atoms with Crippen LogP contribution in [0.5, 0.6) is 5.75 Å². The molecule has 144 valence electrons. The van der Waals surface area contributed by atoms with E-state index in [9.17, 15) is 4.39 Å². The molecule has 0 unspecified atom stereocenters. The van der Waals surface area contributed by atoms with Gasteiger partial charge < -0.3 is 9.47 Å². The Kier molecular flexibility index (Phi) is 5.36. The molecule has 0 radical (unpaired) electrons. The van der Waals surface area contributed by atoms with E-state index in [1.54, 1.807) is 0 Å². The zero-order valence-electron chi connectivity index (χ0n) is 14.8. The summed E-state index contributed by atoms with van der Waals surface area (Å²) >= 11 is 10.4. The van der Waals surface area contributed by atoms with Gasteiger partial charge in [-0.3, -0.25) is 0 Å². The highest BCUT2D eigenvalue weighted by Gasteiger charge is 2.53. The Balaban J connectivity index is 1.86. The van der Waals surface area contributed by atoms with E-state index >= 15 is 4.39 Å². The molecule has 1 fully saturated rings. The Morgan fingerprint density at radius 2 is 1.85 bits per heavy atom. The topological polar surface area (TPSA) is 18.5 Å². The van der Waals surface area contributed by atoms with Crippen molar-refractivity contribution >= 4 is 24.2 Å². The molecule has 6 heteroatoms. The van der Waals surface area contributed by atoms with Crippen molar-refractivity contribution in [1.29, 1.82) is 0 Å². The van der Waals surface area contributed by atoms with Gasteiger partial charge in [0.1, 0.15) is 5.82 Å². The van der Waals surface area contributed by atoms with Gasteiger partial charge in [-0.05, 0) is 54.8 Å². The average molecular weight is 411 g/mol. The SMILES string of the molecule is Fc1ccc(F)c2c1OC[C@H]1[C@H](CCS)OCC[C@@]21Cc1ccc(Cl)cc1. The maximum absolute atomic E-state index is 15.0. The molecular weight excluding hydrogens is 390 g/mol. The van der Waals surface area contributed by atoms with E-state index in [2.05, 4.69) is 12.6 Å². The number of fused-ring (bicyclic) bond motifs is 3. The average Bonchev–Trinajstić information content (AvgIpc) is 2.66. The van der Waals surface area contributed by atoms with Crippen LogP contribution in [-0.2, 0) is 16.6 Å². The molecule has 27 heavy (non-hydrogen) atoms. The van der Waals surface area contributed by atoms with Crippen molar-refractivity contribution in [2.75, 3.05) is 19.0 Å². The Morgan fingerprint density at radius 3 is 2.59 bits per heavy atom.